The predicted octanol–water partition coefficient (Wildman–Crippen LogP) is 2.81. The van der Waals surface area contributed by atoms with Crippen molar-refractivity contribution < 1.29 is 14.0 Å². The van der Waals surface area contributed by atoms with Gasteiger partial charge in [0.25, 0.3) is 5.91 Å². The van der Waals surface area contributed by atoms with E-state index >= 15 is 0 Å². The molecule has 1 aromatic heterocycles. The van der Waals surface area contributed by atoms with Crippen LogP contribution in [-0.4, -0.2) is 44.6 Å². The molecule has 0 bridgehead atoms. The minimum Gasteiger partial charge on any atom is -0.341 e. The van der Waals surface area contributed by atoms with Gasteiger partial charge < -0.3 is 10.2 Å². The Labute approximate surface area is 173 Å². The summed E-state index contributed by atoms with van der Waals surface area (Å²) in [5, 5.41) is 7.26. The maximum atomic E-state index is 13.2. The molecule has 4 rings (SSSR count). The van der Waals surface area contributed by atoms with Gasteiger partial charge in [-0.3, -0.25) is 9.59 Å². The number of carbonyl (C=O) groups excluding carboxylic acids is 2. The van der Waals surface area contributed by atoms with E-state index in [-0.39, 0.29) is 23.6 Å². The Balaban J connectivity index is 1.56. The molecule has 154 valence electrons. The molecule has 1 fully saturated rings. The van der Waals surface area contributed by atoms with Crippen LogP contribution in [0.4, 0.5) is 4.39 Å². The normalized spacial score (nSPS) is 14.7. The van der Waals surface area contributed by atoms with Gasteiger partial charge in [-0.1, -0.05) is 30.3 Å². The molecule has 0 saturated carbocycles. The lowest BCUT2D eigenvalue weighted by molar-refractivity contribution is -0.128. The number of hydrogen-bond acceptors (Lipinski definition) is 4. The lowest BCUT2D eigenvalue weighted by Crippen LogP contribution is -2.39. The molecule has 1 atom stereocenters. The molecule has 2 heterocycles. The number of amides is 2. The van der Waals surface area contributed by atoms with Crippen LogP contribution in [0.1, 0.15) is 40.9 Å². The molecule has 0 aliphatic carbocycles. The lowest BCUT2D eigenvalue weighted by Gasteiger charge is -2.24. The zero-order valence-electron chi connectivity index (χ0n) is 16.6. The first-order valence-corrected chi connectivity index (χ1v) is 9.84. The number of nitrogens with zero attached hydrogens (tertiary/aromatic N) is 4. The van der Waals surface area contributed by atoms with E-state index in [4.69, 9.17) is 0 Å². The number of likely N-dealkylation sites (tertiary alicyclic amines) is 1. The number of halogens is 1. The first-order valence-electron chi connectivity index (χ1n) is 9.84. The van der Waals surface area contributed by atoms with Crippen LogP contribution in [0.2, 0.25) is 0 Å². The van der Waals surface area contributed by atoms with E-state index in [1.165, 1.54) is 16.8 Å². The average molecular weight is 407 g/mol. The van der Waals surface area contributed by atoms with E-state index in [2.05, 4.69) is 15.4 Å². The number of carbonyl (C=O) groups is 2. The van der Waals surface area contributed by atoms with Crippen LogP contribution in [0, 0.1) is 12.7 Å². The van der Waals surface area contributed by atoms with Crippen molar-refractivity contribution in [1.29, 1.82) is 0 Å². The second kappa shape index (κ2) is 8.44. The SMILES string of the molecule is Cc1nc(C(=O)N[C@H](CN2CCCC2=O)c2ccccc2)nn1-c1ccc(F)cc1. The number of nitrogens with one attached hydrogen (secondary N) is 1. The molecule has 30 heavy (non-hydrogen) atoms. The fourth-order valence-electron chi connectivity index (χ4n) is 3.57. The molecule has 3 aromatic rings. The Bertz CT molecular complexity index is 1050. The highest BCUT2D eigenvalue weighted by Crippen LogP contribution is 2.19. The summed E-state index contributed by atoms with van der Waals surface area (Å²) >= 11 is 0. The highest BCUT2D eigenvalue weighted by atomic mass is 19.1. The van der Waals surface area contributed by atoms with Gasteiger partial charge in [0.15, 0.2) is 0 Å². The molecule has 1 aliphatic rings. The summed E-state index contributed by atoms with van der Waals surface area (Å²) in [6, 6.07) is 15.0. The topological polar surface area (TPSA) is 80.1 Å². The summed E-state index contributed by atoms with van der Waals surface area (Å²) in [5.74, 6) is -0.154. The van der Waals surface area contributed by atoms with E-state index in [0.717, 1.165) is 12.0 Å². The molecular weight excluding hydrogens is 385 g/mol. The van der Waals surface area contributed by atoms with Gasteiger partial charge in [0.1, 0.15) is 11.6 Å². The smallest absolute Gasteiger partial charge is 0.291 e. The van der Waals surface area contributed by atoms with E-state index < -0.39 is 5.91 Å². The van der Waals surface area contributed by atoms with Crippen LogP contribution in [0.3, 0.4) is 0 Å². The first kappa shape index (κ1) is 19.8. The average Bonchev–Trinajstić information content (AvgIpc) is 3.34. The summed E-state index contributed by atoms with van der Waals surface area (Å²) in [6.07, 6.45) is 1.37. The van der Waals surface area contributed by atoms with Gasteiger partial charge in [0.05, 0.1) is 11.7 Å². The molecule has 2 amide bonds. The minimum absolute atomic E-state index is 0.0190. The highest BCUT2D eigenvalue weighted by Gasteiger charge is 2.26. The zero-order valence-corrected chi connectivity index (χ0v) is 16.6. The van der Waals surface area contributed by atoms with E-state index in [9.17, 15) is 14.0 Å². The fourth-order valence-corrected chi connectivity index (χ4v) is 3.57. The van der Waals surface area contributed by atoms with Gasteiger partial charge in [-0.05, 0) is 43.2 Å². The highest BCUT2D eigenvalue weighted by molar-refractivity contribution is 5.90. The summed E-state index contributed by atoms with van der Waals surface area (Å²) in [4.78, 5) is 31.0. The number of benzene rings is 2. The Hall–Kier alpha value is -3.55. The van der Waals surface area contributed by atoms with Crippen molar-refractivity contribution in [2.45, 2.75) is 25.8 Å². The molecular formula is C22H22FN5O2. The van der Waals surface area contributed by atoms with Gasteiger partial charge in [-0.2, -0.15) is 0 Å². The van der Waals surface area contributed by atoms with Gasteiger partial charge in [0, 0.05) is 19.5 Å². The molecule has 1 saturated heterocycles. The van der Waals surface area contributed by atoms with Crippen molar-refractivity contribution in [3.63, 3.8) is 0 Å². The second-order valence-corrected chi connectivity index (χ2v) is 7.25. The Morgan fingerprint density at radius 1 is 1.17 bits per heavy atom. The number of rotatable bonds is 6. The van der Waals surface area contributed by atoms with E-state index in [1.54, 1.807) is 24.0 Å². The maximum absolute atomic E-state index is 13.2. The van der Waals surface area contributed by atoms with Crippen molar-refractivity contribution in [3.8, 4) is 5.69 Å². The van der Waals surface area contributed by atoms with Crippen LogP contribution < -0.4 is 5.32 Å². The quantitative estimate of drug-likeness (QED) is 0.681. The van der Waals surface area contributed by atoms with Gasteiger partial charge in [-0.15, -0.1) is 5.10 Å². The summed E-state index contributed by atoms with van der Waals surface area (Å²) in [5.41, 5.74) is 1.52. The summed E-state index contributed by atoms with van der Waals surface area (Å²) in [7, 11) is 0. The first-order chi connectivity index (χ1) is 14.5. The molecule has 2 aromatic carbocycles. The third-order valence-corrected chi connectivity index (χ3v) is 5.12. The molecule has 1 aliphatic heterocycles. The predicted molar refractivity (Wildman–Crippen MR) is 109 cm³/mol. The largest absolute Gasteiger partial charge is 0.341 e. The monoisotopic (exact) mass is 407 g/mol. The standard InChI is InChI=1S/C22H22FN5O2/c1-15-24-21(26-28(15)18-11-9-17(23)10-12-18)22(30)25-19(16-6-3-2-4-7-16)14-27-13-5-8-20(27)29/h2-4,6-7,9-12,19H,5,8,13-14H2,1H3,(H,25,30)/t19-/m1/s1. The van der Waals surface area contributed by atoms with Crippen LogP contribution in [0.25, 0.3) is 5.69 Å². The fraction of sp³-hybridized carbons (Fsp3) is 0.273. The van der Waals surface area contributed by atoms with Gasteiger partial charge in [0.2, 0.25) is 11.7 Å². The Morgan fingerprint density at radius 3 is 2.57 bits per heavy atom. The van der Waals surface area contributed by atoms with Crippen molar-refractivity contribution in [1.82, 2.24) is 25.0 Å². The van der Waals surface area contributed by atoms with Crippen LogP contribution in [0.15, 0.2) is 54.6 Å². The maximum Gasteiger partial charge on any atom is 0.291 e. The van der Waals surface area contributed by atoms with E-state index in [0.29, 0.717) is 31.0 Å². The minimum atomic E-state index is -0.431. The number of hydrogen-bond donors (Lipinski definition) is 1. The molecule has 0 unspecified atom stereocenters. The number of aryl methyl sites for hydroxylation is 1. The Kier molecular flexibility index (Phi) is 5.56. The zero-order chi connectivity index (χ0) is 21.1. The van der Waals surface area contributed by atoms with Crippen LogP contribution in [-0.2, 0) is 4.79 Å². The third kappa shape index (κ3) is 4.22. The van der Waals surface area contributed by atoms with Gasteiger partial charge >= 0.3 is 0 Å². The van der Waals surface area contributed by atoms with Crippen LogP contribution >= 0.6 is 0 Å². The lowest BCUT2D eigenvalue weighted by atomic mass is 10.1. The molecule has 8 heteroatoms. The molecule has 0 radical (unpaired) electrons. The van der Waals surface area contributed by atoms with Crippen molar-refractivity contribution in [2.75, 3.05) is 13.1 Å². The molecule has 0 spiro atoms. The Morgan fingerprint density at radius 2 is 1.90 bits per heavy atom. The van der Waals surface area contributed by atoms with Crippen molar-refractivity contribution >= 4 is 11.8 Å². The summed E-state index contributed by atoms with van der Waals surface area (Å²) < 4.78 is 14.7. The summed E-state index contributed by atoms with van der Waals surface area (Å²) in [6.45, 7) is 2.81. The number of aromatic nitrogens is 3. The molecule has 1 N–H and O–H groups in total. The van der Waals surface area contributed by atoms with Crippen molar-refractivity contribution in [3.05, 3.63) is 77.6 Å². The van der Waals surface area contributed by atoms with E-state index in [1.807, 2.05) is 30.3 Å². The van der Waals surface area contributed by atoms with Crippen LogP contribution in [0.5, 0.6) is 0 Å². The second-order valence-electron chi connectivity index (χ2n) is 7.25. The van der Waals surface area contributed by atoms with Crippen molar-refractivity contribution in [2.24, 2.45) is 0 Å². The molecule has 7 nitrogen and oxygen atoms in total. The third-order valence-electron chi connectivity index (χ3n) is 5.12. The van der Waals surface area contributed by atoms with Gasteiger partial charge in [-0.25, -0.2) is 14.1 Å².